The van der Waals surface area contributed by atoms with Crippen molar-refractivity contribution in [1.29, 1.82) is 0 Å². The third kappa shape index (κ3) is 4.49. The predicted octanol–water partition coefficient (Wildman–Crippen LogP) is 2.89. The number of rotatable bonds is 4. The van der Waals surface area contributed by atoms with E-state index in [-0.39, 0.29) is 41.3 Å². The van der Waals surface area contributed by atoms with Crippen molar-refractivity contribution in [2.24, 2.45) is 7.05 Å². The van der Waals surface area contributed by atoms with E-state index >= 15 is 0 Å². The number of alkyl halides is 3. The highest BCUT2D eigenvalue weighted by Crippen LogP contribution is 2.41. The fraction of sp³-hybridized carbons (Fsp3) is 0.450. The summed E-state index contributed by atoms with van der Waals surface area (Å²) < 4.78 is 94.6. The number of aromatic hydroxyl groups is 1. The maximum absolute atomic E-state index is 14.6. The Labute approximate surface area is 196 Å². The summed E-state index contributed by atoms with van der Waals surface area (Å²) in [5.41, 5.74) is -2.77. The van der Waals surface area contributed by atoms with Gasteiger partial charge in [0.15, 0.2) is 23.0 Å². The van der Waals surface area contributed by atoms with E-state index in [1.807, 2.05) is 0 Å². The highest BCUT2D eigenvalue weighted by atomic mass is 32.2. The van der Waals surface area contributed by atoms with E-state index < -0.39 is 44.7 Å². The molecular formula is C20H21F5N6O3S. The lowest BCUT2D eigenvalue weighted by Crippen LogP contribution is -2.48. The molecule has 1 atom stereocenters. The monoisotopic (exact) mass is 520 g/mol. The smallest absolute Gasteiger partial charge is 0.419 e. The van der Waals surface area contributed by atoms with Crippen LogP contribution in [0.2, 0.25) is 0 Å². The zero-order valence-corrected chi connectivity index (χ0v) is 19.6. The molecule has 3 aromatic rings. The van der Waals surface area contributed by atoms with E-state index in [1.165, 1.54) is 22.2 Å². The first kappa shape index (κ1) is 25.0. The Balaban J connectivity index is 1.76. The van der Waals surface area contributed by atoms with Crippen LogP contribution in [0.4, 0.5) is 27.9 Å². The van der Waals surface area contributed by atoms with Crippen LogP contribution in [-0.4, -0.2) is 70.0 Å². The number of hydrogen-bond acceptors (Lipinski definition) is 7. The van der Waals surface area contributed by atoms with Gasteiger partial charge in [-0.15, -0.1) is 0 Å². The van der Waals surface area contributed by atoms with Crippen LogP contribution in [0, 0.1) is 11.6 Å². The van der Waals surface area contributed by atoms with E-state index in [2.05, 4.69) is 15.1 Å². The van der Waals surface area contributed by atoms with Gasteiger partial charge in [0.05, 0.1) is 17.2 Å². The number of aromatic nitrogens is 4. The van der Waals surface area contributed by atoms with Gasteiger partial charge in [0, 0.05) is 45.0 Å². The van der Waals surface area contributed by atoms with Gasteiger partial charge in [-0.05, 0) is 18.9 Å². The molecule has 15 heteroatoms. The Morgan fingerprint density at radius 1 is 1.23 bits per heavy atom. The van der Waals surface area contributed by atoms with E-state index in [1.54, 1.807) is 11.9 Å². The SMILES string of the molecule is CN(c1ncc2c(-c3cc(C(F)(F)F)c(F)c(O)c3F)nn(C)c2n1)C1CCCN(S(C)(=O)=O)C1. The molecule has 3 heterocycles. The predicted molar refractivity (Wildman–Crippen MR) is 116 cm³/mol. The third-order valence-corrected chi connectivity index (χ3v) is 7.27. The molecule has 9 nitrogen and oxygen atoms in total. The largest absolute Gasteiger partial charge is 0.503 e. The number of phenols is 1. The second-order valence-corrected chi connectivity index (χ2v) is 10.3. The molecular weight excluding hydrogens is 499 g/mol. The average molecular weight is 520 g/mol. The zero-order valence-electron chi connectivity index (χ0n) is 18.8. The lowest BCUT2D eigenvalue weighted by atomic mass is 10.0. The fourth-order valence-electron chi connectivity index (χ4n) is 4.10. The average Bonchev–Trinajstić information content (AvgIpc) is 3.11. The van der Waals surface area contributed by atoms with Crippen LogP contribution >= 0.6 is 0 Å². The quantitative estimate of drug-likeness (QED) is 0.528. The van der Waals surface area contributed by atoms with Crippen LogP contribution < -0.4 is 4.90 Å². The van der Waals surface area contributed by atoms with Crippen LogP contribution in [0.1, 0.15) is 18.4 Å². The summed E-state index contributed by atoms with van der Waals surface area (Å²) in [6.07, 6.45) is -1.50. The number of phenolic OH excluding ortho intramolecular Hbond substituents is 1. The summed E-state index contributed by atoms with van der Waals surface area (Å²) in [7, 11) is -0.265. The number of likely N-dealkylation sites (N-methyl/N-ethyl adjacent to an activating group) is 1. The first-order valence-corrected chi connectivity index (χ1v) is 12.2. The van der Waals surface area contributed by atoms with Gasteiger partial charge >= 0.3 is 6.18 Å². The van der Waals surface area contributed by atoms with E-state index in [0.717, 1.165) is 6.26 Å². The molecule has 0 radical (unpaired) electrons. The number of sulfonamides is 1. The standard InChI is InChI=1S/C20H21F5N6O3S/c1-29(10-5-4-6-31(9-10)35(3,33)34)19-26-8-12-16(28-30(2)18(12)27-19)11-7-13(20(23,24)25)15(22)17(32)14(11)21/h7-8,10,32H,4-6,9H2,1-3H3. The number of benzene rings is 1. The summed E-state index contributed by atoms with van der Waals surface area (Å²) in [4.78, 5) is 10.3. The van der Waals surface area contributed by atoms with Crippen LogP contribution in [0.15, 0.2) is 12.3 Å². The molecule has 190 valence electrons. The van der Waals surface area contributed by atoms with Gasteiger partial charge in [-0.1, -0.05) is 0 Å². The molecule has 1 fully saturated rings. The Morgan fingerprint density at radius 2 is 1.91 bits per heavy atom. The van der Waals surface area contributed by atoms with Crippen molar-refractivity contribution >= 4 is 27.0 Å². The van der Waals surface area contributed by atoms with Gasteiger partial charge < -0.3 is 10.0 Å². The first-order chi connectivity index (χ1) is 16.2. The number of nitrogens with zero attached hydrogens (tertiary/aromatic N) is 6. The topological polar surface area (TPSA) is 104 Å². The van der Waals surface area contributed by atoms with Gasteiger partial charge in [-0.25, -0.2) is 31.2 Å². The Morgan fingerprint density at radius 3 is 2.54 bits per heavy atom. The minimum absolute atomic E-state index is 0.0732. The third-order valence-electron chi connectivity index (χ3n) is 6.00. The summed E-state index contributed by atoms with van der Waals surface area (Å²) >= 11 is 0. The molecule has 35 heavy (non-hydrogen) atoms. The Hall–Kier alpha value is -3.07. The Kier molecular flexibility index (Phi) is 6.12. The number of anilines is 1. The molecule has 1 unspecified atom stereocenters. The van der Waals surface area contributed by atoms with Crippen molar-refractivity contribution in [3.63, 3.8) is 0 Å². The van der Waals surface area contributed by atoms with Crippen LogP contribution in [-0.2, 0) is 23.2 Å². The number of fused-ring (bicyclic) bond motifs is 1. The van der Waals surface area contributed by atoms with E-state index in [9.17, 15) is 35.5 Å². The molecule has 0 aliphatic carbocycles. The summed E-state index contributed by atoms with van der Waals surface area (Å²) in [6.45, 7) is 0.637. The van der Waals surface area contributed by atoms with E-state index in [4.69, 9.17) is 0 Å². The molecule has 0 spiro atoms. The molecule has 1 aromatic carbocycles. The fourth-order valence-corrected chi connectivity index (χ4v) is 5.00. The molecule has 1 saturated heterocycles. The van der Waals surface area contributed by atoms with Crippen LogP contribution in [0.25, 0.3) is 22.3 Å². The highest BCUT2D eigenvalue weighted by Gasteiger charge is 2.38. The van der Waals surface area contributed by atoms with Crippen molar-refractivity contribution in [3.8, 4) is 17.0 Å². The molecule has 1 N–H and O–H groups in total. The molecule has 0 saturated carbocycles. The normalized spacial score (nSPS) is 17.8. The van der Waals surface area contributed by atoms with Gasteiger partial charge in [0.25, 0.3) is 0 Å². The molecule has 0 amide bonds. The van der Waals surface area contributed by atoms with Crippen LogP contribution in [0.5, 0.6) is 5.75 Å². The van der Waals surface area contributed by atoms with Crippen LogP contribution in [0.3, 0.4) is 0 Å². The number of piperidine rings is 1. The number of aryl methyl sites for hydroxylation is 1. The van der Waals surface area contributed by atoms with Gasteiger partial charge in [0.1, 0.15) is 5.69 Å². The molecule has 0 bridgehead atoms. The Bertz CT molecular complexity index is 1410. The summed E-state index contributed by atoms with van der Waals surface area (Å²) in [5.74, 6) is -5.28. The summed E-state index contributed by atoms with van der Waals surface area (Å²) in [5, 5.41) is 13.8. The van der Waals surface area contributed by atoms with Gasteiger partial charge in [0.2, 0.25) is 16.0 Å². The molecule has 2 aromatic heterocycles. The lowest BCUT2D eigenvalue weighted by Gasteiger charge is -2.36. The maximum atomic E-state index is 14.6. The molecule has 4 rings (SSSR count). The van der Waals surface area contributed by atoms with Crippen molar-refractivity contribution in [2.75, 3.05) is 31.3 Å². The molecule has 1 aliphatic heterocycles. The number of halogens is 5. The van der Waals surface area contributed by atoms with Crippen molar-refractivity contribution in [2.45, 2.75) is 25.1 Å². The first-order valence-electron chi connectivity index (χ1n) is 10.4. The summed E-state index contributed by atoms with van der Waals surface area (Å²) in [6, 6.07) is 0.0121. The minimum atomic E-state index is -5.18. The molecule has 1 aliphatic rings. The second kappa shape index (κ2) is 8.55. The second-order valence-electron chi connectivity index (χ2n) is 8.35. The lowest BCUT2D eigenvalue weighted by molar-refractivity contribution is -0.140. The maximum Gasteiger partial charge on any atom is 0.419 e. The van der Waals surface area contributed by atoms with Crippen molar-refractivity contribution in [1.82, 2.24) is 24.1 Å². The van der Waals surface area contributed by atoms with Crippen molar-refractivity contribution in [3.05, 3.63) is 29.5 Å². The zero-order chi connectivity index (χ0) is 25.9. The van der Waals surface area contributed by atoms with Gasteiger partial charge in [-0.2, -0.15) is 23.3 Å². The van der Waals surface area contributed by atoms with Gasteiger partial charge in [-0.3, -0.25) is 0 Å². The highest BCUT2D eigenvalue weighted by molar-refractivity contribution is 7.88. The van der Waals surface area contributed by atoms with E-state index in [0.29, 0.717) is 19.4 Å². The van der Waals surface area contributed by atoms with Crippen molar-refractivity contribution < 1.29 is 35.5 Å². The number of hydrogen-bond donors (Lipinski definition) is 1. The minimum Gasteiger partial charge on any atom is -0.503 e.